The van der Waals surface area contributed by atoms with Crippen molar-refractivity contribution in [3.8, 4) is 0 Å². The smallest absolute Gasteiger partial charge is 0.253 e. The molecule has 1 aliphatic carbocycles. The Kier molecular flexibility index (Phi) is 6.08. The molecule has 1 aliphatic heterocycles. The first-order valence-corrected chi connectivity index (χ1v) is 9.40. The molecule has 25 heavy (non-hydrogen) atoms. The molecule has 1 N–H and O–H groups in total. The molecule has 3 rings (SSSR count). The lowest BCUT2D eigenvalue weighted by atomic mass is 9.88. The largest absolute Gasteiger partial charge is 0.375 e. The van der Waals surface area contributed by atoms with Crippen LogP contribution in [0.3, 0.4) is 0 Å². The summed E-state index contributed by atoms with van der Waals surface area (Å²) in [6.45, 7) is 3.82. The average Bonchev–Trinajstić information content (AvgIpc) is 2.65. The zero-order valence-corrected chi connectivity index (χ0v) is 14.9. The maximum Gasteiger partial charge on any atom is 0.253 e. The van der Waals surface area contributed by atoms with Crippen molar-refractivity contribution in [2.24, 2.45) is 5.92 Å². The monoisotopic (exact) mass is 344 g/mol. The molecule has 2 fully saturated rings. The summed E-state index contributed by atoms with van der Waals surface area (Å²) in [4.78, 5) is 24.9. The fourth-order valence-corrected chi connectivity index (χ4v) is 3.79. The van der Waals surface area contributed by atoms with Gasteiger partial charge in [-0.25, -0.2) is 0 Å². The number of hydrogen-bond acceptors (Lipinski definition) is 3. The van der Waals surface area contributed by atoms with Crippen LogP contribution in [0.1, 0.15) is 55.8 Å². The number of benzene rings is 1. The summed E-state index contributed by atoms with van der Waals surface area (Å²) in [6, 6.07) is 7.03. The van der Waals surface area contributed by atoms with E-state index in [1.165, 1.54) is 25.7 Å². The lowest BCUT2D eigenvalue weighted by Gasteiger charge is -2.35. The van der Waals surface area contributed by atoms with E-state index in [-0.39, 0.29) is 5.91 Å². The summed E-state index contributed by atoms with van der Waals surface area (Å²) in [6.07, 6.45) is 8.10. The topological polar surface area (TPSA) is 58.6 Å². The van der Waals surface area contributed by atoms with Gasteiger partial charge in [-0.1, -0.05) is 6.92 Å². The number of anilines is 1. The number of piperidine rings is 1. The minimum absolute atomic E-state index is 0.0580. The van der Waals surface area contributed by atoms with Gasteiger partial charge in [0.05, 0.1) is 12.2 Å². The predicted molar refractivity (Wildman–Crippen MR) is 97.6 cm³/mol. The molecule has 5 heteroatoms. The number of rotatable bonds is 5. The van der Waals surface area contributed by atoms with Crippen LogP contribution in [-0.2, 0) is 9.53 Å². The summed E-state index contributed by atoms with van der Waals surface area (Å²) < 4.78 is 6.28. The van der Waals surface area contributed by atoms with Crippen molar-refractivity contribution < 1.29 is 14.3 Å². The molecule has 0 spiro atoms. The van der Waals surface area contributed by atoms with Crippen LogP contribution in [0.4, 0.5) is 5.69 Å². The lowest BCUT2D eigenvalue weighted by Crippen LogP contribution is -2.42. The number of nitrogens with zero attached hydrogens (tertiary/aromatic N) is 1. The Balaban J connectivity index is 1.46. The Morgan fingerprint density at radius 3 is 2.24 bits per heavy atom. The van der Waals surface area contributed by atoms with Crippen LogP contribution in [0.25, 0.3) is 0 Å². The highest BCUT2D eigenvalue weighted by molar-refractivity contribution is 5.94. The van der Waals surface area contributed by atoms with Crippen molar-refractivity contribution in [1.82, 2.24) is 4.90 Å². The Labute approximate surface area is 149 Å². The summed E-state index contributed by atoms with van der Waals surface area (Å²) in [7, 11) is 0. The van der Waals surface area contributed by atoms with Crippen molar-refractivity contribution in [3.05, 3.63) is 29.8 Å². The Bertz CT molecular complexity index is 571. The molecule has 0 atom stereocenters. The minimum atomic E-state index is 0.0580. The number of carbonyl (C=O) groups excluding carboxylic acids is 2. The molecule has 1 aromatic carbocycles. The SMILES string of the molecule is CC1CCC(OC2CCN(C(=O)c3ccc(NC=O)cc3)CC2)CC1. The van der Waals surface area contributed by atoms with Crippen molar-refractivity contribution in [1.29, 1.82) is 0 Å². The number of carbonyl (C=O) groups is 2. The van der Waals surface area contributed by atoms with Gasteiger partial charge in [-0.15, -0.1) is 0 Å². The Morgan fingerprint density at radius 2 is 1.64 bits per heavy atom. The molecule has 1 saturated heterocycles. The molecule has 2 aliphatic rings. The molecule has 0 radical (unpaired) electrons. The maximum absolute atomic E-state index is 12.6. The molecule has 0 unspecified atom stereocenters. The summed E-state index contributed by atoms with van der Waals surface area (Å²) >= 11 is 0. The van der Waals surface area contributed by atoms with E-state index >= 15 is 0 Å². The van der Waals surface area contributed by atoms with E-state index in [2.05, 4.69) is 12.2 Å². The van der Waals surface area contributed by atoms with E-state index in [1.807, 2.05) is 4.90 Å². The van der Waals surface area contributed by atoms with Gasteiger partial charge >= 0.3 is 0 Å². The lowest BCUT2D eigenvalue weighted by molar-refractivity contribution is -0.105. The number of nitrogens with one attached hydrogen (secondary N) is 1. The normalized spacial score (nSPS) is 24.8. The fraction of sp³-hybridized carbons (Fsp3) is 0.600. The fourth-order valence-electron chi connectivity index (χ4n) is 3.79. The van der Waals surface area contributed by atoms with Crippen molar-refractivity contribution in [2.75, 3.05) is 18.4 Å². The summed E-state index contributed by atoms with van der Waals surface area (Å²) in [5.74, 6) is 0.898. The molecule has 1 saturated carbocycles. The van der Waals surface area contributed by atoms with E-state index in [4.69, 9.17) is 4.74 Å². The first-order chi connectivity index (χ1) is 12.2. The molecule has 0 bridgehead atoms. The van der Waals surface area contributed by atoms with Gasteiger partial charge in [0.15, 0.2) is 0 Å². The van der Waals surface area contributed by atoms with Crippen LogP contribution in [0.2, 0.25) is 0 Å². The molecule has 1 aromatic rings. The van der Waals surface area contributed by atoms with E-state index in [1.54, 1.807) is 24.3 Å². The molecule has 0 aromatic heterocycles. The van der Waals surface area contributed by atoms with Gasteiger partial charge in [-0.05, 0) is 68.7 Å². The molecule has 5 nitrogen and oxygen atoms in total. The van der Waals surface area contributed by atoms with Crippen LogP contribution in [0, 0.1) is 5.92 Å². The zero-order valence-electron chi connectivity index (χ0n) is 14.9. The number of likely N-dealkylation sites (tertiary alicyclic amines) is 1. The average molecular weight is 344 g/mol. The van der Waals surface area contributed by atoms with Crippen molar-refractivity contribution in [3.63, 3.8) is 0 Å². The zero-order chi connectivity index (χ0) is 17.6. The first kappa shape index (κ1) is 17.9. The van der Waals surface area contributed by atoms with Crippen molar-refractivity contribution >= 4 is 18.0 Å². The molecule has 1 heterocycles. The maximum atomic E-state index is 12.6. The quantitative estimate of drug-likeness (QED) is 0.832. The number of hydrogen-bond donors (Lipinski definition) is 1. The van der Waals surface area contributed by atoms with E-state index in [0.29, 0.717) is 29.9 Å². The predicted octanol–water partition coefficient (Wildman–Crippen LogP) is 3.45. The third kappa shape index (κ3) is 4.82. The van der Waals surface area contributed by atoms with Crippen LogP contribution in [0.5, 0.6) is 0 Å². The summed E-state index contributed by atoms with van der Waals surface area (Å²) in [5.41, 5.74) is 1.36. The Hall–Kier alpha value is -1.88. The van der Waals surface area contributed by atoms with Gasteiger partial charge in [-0.3, -0.25) is 9.59 Å². The second-order valence-corrected chi connectivity index (χ2v) is 7.35. The standard InChI is InChI=1S/C20H28N2O3/c1-15-2-8-18(9-3-15)25-19-10-12-22(13-11-19)20(24)16-4-6-17(7-5-16)21-14-23/h4-7,14-15,18-19H,2-3,8-13H2,1H3,(H,21,23). The summed E-state index contributed by atoms with van der Waals surface area (Å²) in [5, 5.41) is 2.58. The van der Waals surface area contributed by atoms with Crippen LogP contribution >= 0.6 is 0 Å². The van der Waals surface area contributed by atoms with Crippen molar-refractivity contribution in [2.45, 2.75) is 57.7 Å². The molecule has 136 valence electrons. The highest BCUT2D eigenvalue weighted by Crippen LogP contribution is 2.28. The second-order valence-electron chi connectivity index (χ2n) is 7.35. The van der Waals surface area contributed by atoms with Gasteiger partial charge < -0.3 is 15.0 Å². The molecule has 2 amide bonds. The van der Waals surface area contributed by atoms with Gasteiger partial charge in [-0.2, -0.15) is 0 Å². The number of ether oxygens (including phenoxy) is 1. The minimum Gasteiger partial charge on any atom is -0.375 e. The number of amides is 2. The van der Waals surface area contributed by atoms with Gasteiger partial charge in [0.2, 0.25) is 6.41 Å². The van der Waals surface area contributed by atoms with Gasteiger partial charge in [0.25, 0.3) is 5.91 Å². The van der Waals surface area contributed by atoms with Gasteiger partial charge in [0.1, 0.15) is 0 Å². The van der Waals surface area contributed by atoms with Gasteiger partial charge in [0, 0.05) is 24.3 Å². The van der Waals surface area contributed by atoms with E-state index in [9.17, 15) is 9.59 Å². The first-order valence-electron chi connectivity index (χ1n) is 9.40. The van der Waals surface area contributed by atoms with Crippen LogP contribution < -0.4 is 5.32 Å². The molecular weight excluding hydrogens is 316 g/mol. The second kappa shape index (κ2) is 8.48. The highest BCUT2D eigenvalue weighted by Gasteiger charge is 2.27. The Morgan fingerprint density at radius 1 is 1.04 bits per heavy atom. The van der Waals surface area contributed by atoms with Crippen LogP contribution in [-0.4, -0.2) is 42.5 Å². The third-order valence-electron chi connectivity index (χ3n) is 5.43. The highest BCUT2D eigenvalue weighted by atomic mass is 16.5. The third-order valence-corrected chi connectivity index (χ3v) is 5.43. The van der Waals surface area contributed by atoms with E-state index in [0.717, 1.165) is 31.8 Å². The molecular formula is C20H28N2O3. The van der Waals surface area contributed by atoms with Crippen LogP contribution in [0.15, 0.2) is 24.3 Å². The van der Waals surface area contributed by atoms with E-state index < -0.39 is 0 Å².